The van der Waals surface area contributed by atoms with Crippen molar-refractivity contribution in [2.45, 2.75) is 77.7 Å². The van der Waals surface area contributed by atoms with Gasteiger partial charge in [-0.2, -0.15) is 0 Å². The van der Waals surface area contributed by atoms with E-state index in [2.05, 4.69) is 28.2 Å². The number of aromatic nitrogens is 1. The molecular formula is C31H41N3O4S. The van der Waals surface area contributed by atoms with Crippen molar-refractivity contribution in [2.75, 3.05) is 31.6 Å². The molecule has 5 atom stereocenters. The van der Waals surface area contributed by atoms with E-state index < -0.39 is 0 Å². The molecule has 0 spiro atoms. The number of anilines is 1. The normalized spacial score (nSPS) is 30.5. The van der Waals surface area contributed by atoms with Crippen LogP contribution in [-0.2, 0) is 27.3 Å². The number of nitrogens with zero attached hydrogens (tertiary/aromatic N) is 2. The zero-order chi connectivity index (χ0) is 27.1. The third-order valence-electron chi connectivity index (χ3n) is 10.1. The van der Waals surface area contributed by atoms with E-state index in [1.54, 1.807) is 6.20 Å². The molecule has 3 fully saturated rings. The summed E-state index contributed by atoms with van der Waals surface area (Å²) in [6.07, 6.45) is 8.64. The first kappa shape index (κ1) is 26.9. The Morgan fingerprint density at radius 1 is 1.28 bits per heavy atom. The van der Waals surface area contributed by atoms with E-state index >= 15 is 0 Å². The number of carbonyl (C=O) groups is 2. The van der Waals surface area contributed by atoms with Crippen LogP contribution in [0.25, 0.3) is 0 Å². The van der Waals surface area contributed by atoms with Crippen molar-refractivity contribution >= 4 is 28.2 Å². The number of phenolic OH excluding ortho intramolecular Hbond substituents is 1. The molecule has 7 nitrogen and oxygen atoms in total. The fourth-order valence-corrected chi connectivity index (χ4v) is 8.91. The van der Waals surface area contributed by atoms with Gasteiger partial charge in [-0.05, 0) is 86.3 Å². The second-order valence-corrected chi connectivity index (χ2v) is 13.7. The summed E-state index contributed by atoms with van der Waals surface area (Å²) in [4.78, 5) is 33.6. The van der Waals surface area contributed by atoms with Crippen LogP contribution >= 0.6 is 11.3 Å². The fraction of sp³-hybridized carbons (Fsp3) is 0.645. The molecular weight excluding hydrogens is 510 g/mol. The third-order valence-corrected chi connectivity index (χ3v) is 10.9. The molecule has 8 heteroatoms. The van der Waals surface area contributed by atoms with Gasteiger partial charge in [0, 0.05) is 54.5 Å². The predicted molar refractivity (Wildman–Crippen MR) is 152 cm³/mol. The number of carbonyl (C=O) groups excluding carboxylic acids is 2. The third kappa shape index (κ3) is 5.27. The van der Waals surface area contributed by atoms with E-state index in [0.29, 0.717) is 53.2 Å². The van der Waals surface area contributed by atoms with Crippen LogP contribution in [0.1, 0.15) is 79.4 Å². The molecule has 1 saturated heterocycles. The number of amides is 1. The van der Waals surface area contributed by atoms with Crippen LogP contribution in [-0.4, -0.2) is 53.0 Å². The van der Waals surface area contributed by atoms with Gasteiger partial charge in [-0.15, -0.1) is 11.3 Å². The number of Topliss-reactive ketones (excluding diaryl/α,β-unsaturated/α-hetero) is 1. The Kier molecular flexibility index (Phi) is 7.55. The summed E-state index contributed by atoms with van der Waals surface area (Å²) >= 11 is 1.50. The van der Waals surface area contributed by atoms with Gasteiger partial charge in [-0.25, -0.2) is 4.98 Å². The molecule has 2 N–H and O–H groups in total. The van der Waals surface area contributed by atoms with Gasteiger partial charge in [0.15, 0.2) is 5.13 Å². The summed E-state index contributed by atoms with van der Waals surface area (Å²) < 4.78 is 5.51. The number of hydrogen-bond donors (Lipinski definition) is 2. The lowest BCUT2D eigenvalue weighted by Gasteiger charge is -2.50. The van der Waals surface area contributed by atoms with Gasteiger partial charge in [0.25, 0.3) is 0 Å². The summed E-state index contributed by atoms with van der Waals surface area (Å²) in [5, 5.41) is 14.4. The molecule has 3 aliphatic carbocycles. The van der Waals surface area contributed by atoms with Crippen LogP contribution < -0.4 is 5.32 Å². The first-order valence-electron chi connectivity index (χ1n) is 14.7. The maximum atomic E-state index is 13.4. The zero-order valence-corrected chi connectivity index (χ0v) is 24.0. The molecule has 6 rings (SSSR count). The number of aromatic hydroxyl groups is 1. The average molecular weight is 552 g/mol. The van der Waals surface area contributed by atoms with Crippen molar-refractivity contribution in [3.63, 3.8) is 0 Å². The van der Waals surface area contributed by atoms with Crippen molar-refractivity contribution in [3.05, 3.63) is 39.9 Å². The quantitative estimate of drug-likeness (QED) is 0.476. The van der Waals surface area contributed by atoms with E-state index in [9.17, 15) is 14.7 Å². The van der Waals surface area contributed by atoms with Crippen LogP contribution in [0.4, 0.5) is 5.13 Å². The number of aryl methyl sites for hydroxylation is 2. The van der Waals surface area contributed by atoms with Gasteiger partial charge in [-0.1, -0.05) is 13.0 Å². The maximum absolute atomic E-state index is 13.4. The number of thiazole rings is 1. The lowest BCUT2D eigenvalue weighted by molar-refractivity contribution is -0.129. The second kappa shape index (κ2) is 10.9. The van der Waals surface area contributed by atoms with Crippen molar-refractivity contribution in [2.24, 2.45) is 23.2 Å². The van der Waals surface area contributed by atoms with Crippen molar-refractivity contribution < 1.29 is 19.4 Å². The highest BCUT2D eigenvalue weighted by molar-refractivity contribution is 7.15. The Bertz CT molecular complexity index is 1240. The SMILES string of the molecule is Cc1cnc(NC(=O)CCC[C@@H]2CC(=O)[C@@]3(C)CCC4c5cc(CN6CCOCC6)c(O)cc5CCC4C23)s1. The van der Waals surface area contributed by atoms with Crippen molar-refractivity contribution in [1.82, 2.24) is 9.88 Å². The maximum Gasteiger partial charge on any atom is 0.226 e. The number of benzene rings is 1. The monoisotopic (exact) mass is 551 g/mol. The van der Waals surface area contributed by atoms with Crippen LogP contribution in [0, 0.1) is 30.1 Å². The highest BCUT2D eigenvalue weighted by Gasteiger charge is 2.58. The predicted octanol–water partition coefficient (Wildman–Crippen LogP) is 5.45. The molecule has 0 bridgehead atoms. The summed E-state index contributed by atoms with van der Waals surface area (Å²) in [6, 6.07) is 4.31. The number of fused-ring (bicyclic) bond motifs is 5. The van der Waals surface area contributed by atoms with Gasteiger partial charge < -0.3 is 15.2 Å². The smallest absolute Gasteiger partial charge is 0.226 e. The standard InChI is InChI=1S/C31H41N3O4S/c1-19-17-32-30(39-19)33-28(37)5-3-4-21-16-27(36)31(2)9-8-23-24(29(21)31)7-6-20-15-26(35)22(14-25(20)23)18-34-10-12-38-13-11-34/h14-15,17,21,23-24,29,35H,3-13,16,18H2,1-2H3,(H,32,33,37)/t21-,23?,24?,29?,31-/m1/s1. The van der Waals surface area contributed by atoms with Gasteiger partial charge in [-0.3, -0.25) is 14.5 Å². The average Bonchev–Trinajstić information content (AvgIpc) is 3.44. The minimum Gasteiger partial charge on any atom is -0.508 e. The van der Waals surface area contributed by atoms with E-state index in [4.69, 9.17) is 4.74 Å². The summed E-state index contributed by atoms with van der Waals surface area (Å²) in [6.45, 7) is 8.25. The minimum atomic E-state index is -0.239. The number of ketones is 1. The molecule has 39 heavy (non-hydrogen) atoms. The highest BCUT2D eigenvalue weighted by atomic mass is 32.1. The number of rotatable bonds is 7. The topological polar surface area (TPSA) is 91.8 Å². The van der Waals surface area contributed by atoms with Crippen LogP contribution in [0.3, 0.4) is 0 Å². The molecule has 1 aromatic heterocycles. The van der Waals surface area contributed by atoms with Gasteiger partial charge in [0.05, 0.1) is 13.2 Å². The van der Waals surface area contributed by atoms with Gasteiger partial charge in [0.2, 0.25) is 5.91 Å². The summed E-state index contributed by atoms with van der Waals surface area (Å²) in [5.41, 5.74) is 3.48. The van der Waals surface area contributed by atoms with Crippen LogP contribution in [0.5, 0.6) is 5.75 Å². The molecule has 3 unspecified atom stereocenters. The number of hydrogen-bond acceptors (Lipinski definition) is 7. The number of morpholine rings is 1. The molecule has 1 aromatic carbocycles. The molecule has 1 amide bonds. The van der Waals surface area contributed by atoms with E-state index in [0.717, 1.165) is 81.8 Å². The first-order valence-corrected chi connectivity index (χ1v) is 15.5. The lowest BCUT2D eigenvalue weighted by atomic mass is 9.54. The lowest BCUT2D eigenvalue weighted by Crippen LogP contribution is -2.44. The summed E-state index contributed by atoms with van der Waals surface area (Å²) in [7, 11) is 0. The van der Waals surface area contributed by atoms with E-state index in [1.165, 1.54) is 22.5 Å². The van der Waals surface area contributed by atoms with Gasteiger partial charge >= 0.3 is 0 Å². The van der Waals surface area contributed by atoms with E-state index in [1.807, 2.05) is 13.0 Å². The van der Waals surface area contributed by atoms with Crippen molar-refractivity contribution in [1.29, 1.82) is 0 Å². The Morgan fingerprint density at radius 2 is 2.10 bits per heavy atom. The Balaban J connectivity index is 1.16. The summed E-state index contributed by atoms with van der Waals surface area (Å²) in [5.74, 6) is 2.51. The van der Waals surface area contributed by atoms with Crippen molar-refractivity contribution in [3.8, 4) is 5.75 Å². The number of nitrogens with one attached hydrogen (secondary N) is 1. The van der Waals surface area contributed by atoms with Crippen LogP contribution in [0.15, 0.2) is 18.3 Å². The van der Waals surface area contributed by atoms with Gasteiger partial charge in [0.1, 0.15) is 11.5 Å². The Labute approximate surface area is 235 Å². The number of ether oxygens (including phenoxy) is 1. The first-order chi connectivity index (χ1) is 18.8. The highest BCUT2D eigenvalue weighted by Crippen LogP contribution is 2.62. The molecule has 2 heterocycles. The molecule has 0 radical (unpaired) electrons. The van der Waals surface area contributed by atoms with Crippen LogP contribution in [0.2, 0.25) is 0 Å². The molecule has 4 aliphatic rings. The Hall–Kier alpha value is -2.29. The Morgan fingerprint density at radius 3 is 2.87 bits per heavy atom. The molecule has 1 aliphatic heterocycles. The fourth-order valence-electron chi connectivity index (χ4n) is 8.23. The van der Waals surface area contributed by atoms with E-state index in [-0.39, 0.29) is 11.3 Å². The second-order valence-electron chi connectivity index (χ2n) is 12.5. The molecule has 2 aromatic rings. The molecule has 2 saturated carbocycles. The zero-order valence-electron chi connectivity index (χ0n) is 23.2. The largest absolute Gasteiger partial charge is 0.508 e. The minimum absolute atomic E-state index is 0.0113. The number of phenols is 1. The molecule has 210 valence electrons.